The molecule has 1 unspecified atom stereocenters. The lowest BCUT2D eigenvalue weighted by molar-refractivity contribution is 0.535. The lowest BCUT2D eigenvalue weighted by Crippen LogP contribution is -2.35. The summed E-state index contributed by atoms with van der Waals surface area (Å²) in [5, 5.41) is 1.08. The van der Waals surface area contributed by atoms with E-state index in [1.165, 1.54) is 6.07 Å². The molecule has 0 fully saturated rings. The van der Waals surface area contributed by atoms with Crippen LogP contribution >= 0.6 is 0 Å². The van der Waals surface area contributed by atoms with Gasteiger partial charge in [0.2, 0.25) is 0 Å². The maximum absolute atomic E-state index is 13.4. The number of fused-ring (bicyclic) bond motifs is 2. The molecule has 0 spiro atoms. The minimum atomic E-state index is -0.535. The van der Waals surface area contributed by atoms with Crippen molar-refractivity contribution in [3.05, 3.63) is 77.2 Å². The van der Waals surface area contributed by atoms with Crippen LogP contribution in [0.5, 0.6) is 0 Å². The summed E-state index contributed by atoms with van der Waals surface area (Å²) in [6.45, 7) is 0. The Hall–Kier alpha value is -2.26. The van der Waals surface area contributed by atoms with Crippen molar-refractivity contribution in [2.24, 2.45) is 5.73 Å². The van der Waals surface area contributed by atoms with Gasteiger partial charge in [0.25, 0.3) is 0 Å². The topological polar surface area (TPSA) is 38.9 Å². The molecule has 3 aromatic rings. The molecule has 0 saturated carbocycles. The number of hydrogen-bond acceptors (Lipinski definition) is 2. The van der Waals surface area contributed by atoms with Gasteiger partial charge in [-0.1, -0.05) is 18.2 Å². The molecule has 1 heterocycles. The van der Waals surface area contributed by atoms with E-state index in [1.807, 2.05) is 30.3 Å². The molecule has 1 atom stereocenters. The number of nitrogens with two attached hydrogens (primary N) is 1. The van der Waals surface area contributed by atoms with E-state index >= 15 is 0 Å². The summed E-state index contributed by atoms with van der Waals surface area (Å²) in [5.74, 6) is -0.194. The number of hydrogen-bond donors (Lipinski definition) is 1. The predicted molar refractivity (Wildman–Crippen MR) is 81.4 cm³/mol. The second kappa shape index (κ2) is 4.37. The summed E-state index contributed by atoms with van der Waals surface area (Å²) in [5.41, 5.74) is 10.2. The van der Waals surface area contributed by atoms with E-state index in [9.17, 15) is 4.39 Å². The summed E-state index contributed by atoms with van der Waals surface area (Å²) in [7, 11) is 0. The van der Waals surface area contributed by atoms with Crippen LogP contribution in [-0.4, -0.2) is 4.98 Å². The van der Waals surface area contributed by atoms with E-state index in [0.717, 1.165) is 40.4 Å². The Morgan fingerprint density at radius 3 is 2.90 bits per heavy atom. The summed E-state index contributed by atoms with van der Waals surface area (Å²) in [4.78, 5) is 4.34. The predicted octanol–water partition coefficient (Wildman–Crippen LogP) is 3.52. The maximum atomic E-state index is 13.4. The van der Waals surface area contributed by atoms with E-state index in [4.69, 9.17) is 5.73 Å². The van der Waals surface area contributed by atoms with Gasteiger partial charge in [0.15, 0.2) is 0 Å². The third-order valence-electron chi connectivity index (χ3n) is 4.45. The standard InChI is InChI=1S/C18H15FN2/c19-15-4-5-16-12(11-15)7-8-18(16,20)14-3-6-17-13(10-14)2-1-9-21-17/h1-6,9-11H,7-8,20H2. The molecule has 21 heavy (non-hydrogen) atoms. The molecule has 1 aromatic heterocycles. The fraction of sp³-hybridized carbons (Fsp3) is 0.167. The van der Waals surface area contributed by atoms with Crippen LogP contribution in [0.3, 0.4) is 0 Å². The van der Waals surface area contributed by atoms with Gasteiger partial charge >= 0.3 is 0 Å². The van der Waals surface area contributed by atoms with E-state index in [2.05, 4.69) is 11.1 Å². The molecule has 2 N–H and O–H groups in total. The normalized spacial score (nSPS) is 20.7. The molecule has 4 rings (SSSR count). The van der Waals surface area contributed by atoms with E-state index in [-0.39, 0.29) is 5.82 Å². The van der Waals surface area contributed by atoms with Crippen LogP contribution in [0.2, 0.25) is 0 Å². The molecule has 1 aliphatic carbocycles. The SMILES string of the molecule is NC1(c2ccc3ncccc3c2)CCc2cc(F)ccc21. The number of benzene rings is 2. The van der Waals surface area contributed by atoms with Crippen LogP contribution in [0.1, 0.15) is 23.1 Å². The highest BCUT2D eigenvalue weighted by molar-refractivity contribution is 5.79. The molecule has 0 bridgehead atoms. The van der Waals surface area contributed by atoms with Gasteiger partial charge in [-0.05, 0) is 59.9 Å². The average Bonchev–Trinajstić information content (AvgIpc) is 2.84. The first-order chi connectivity index (χ1) is 10.2. The zero-order valence-corrected chi connectivity index (χ0v) is 11.5. The van der Waals surface area contributed by atoms with Gasteiger partial charge in [0.1, 0.15) is 5.82 Å². The number of aromatic nitrogens is 1. The highest BCUT2D eigenvalue weighted by atomic mass is 19.1. The van der Waals surface area contributed by atoms with Gasteiger partial charge in [-0.25, -0.2) is 4.39 Å². The Bertz CT molecular complexity index is 843. The van der Waals surface area contributed by atoms with Gasteiger partial charge < -0.3 is 5.73 Å². The van der Waals surface area contributed by atoms with Crippen LogP contribution in [0.15, 0.2) is 54.7 Å². The van der Waals surface area contributed by atoms with Crippen molar-refractivity contribution >= 4 is 10.9 Å². The van der Waals surface area contributed by atoms with Gasteiger partial charge in [0, 0.05) is 11.6 Å². The quantitative estimate of drug-likeness (QED) is 0.739. The second-order valence-corrected chi connectivity index (χ2v) is 5.68. The van der Waals surface area contributed by atoms with Crippen molar-refractivity contribution in [1.29, 1.82) is 0 Å². The molecule has 3 heteroatoms. The first-order valence-corrected chi connectivity index (χ1v) is 7.10. The maximum Gasteiger partial charge on any atom is 0.123 e. The number of halogens is 1. The molecular weight excluding hydrogens is 263 g/mol. The highest BCUT2D eigenvalue weighted by Gasteiger charge is 2.36. The lowest BCUT2D eigenvalue weighted by Gasteiger charge is -2.26. The van der Waals surface area contributed by atoms with Crippen LogP contribution in [-0.2, 0) is 12.0 Å². The third-order valence-corrected chi connectivity index (χ3v) is 4.45. The Balaban J connectivity index is 1.89. The van der Waals surface area contributed by atoms with E-state index in [0.29, 0.717) is 0 Å². The molecule has 1 aliphatic rings. The van der Waals surface area contributed by atoms with Gasteiger partial charge in [-0.3, -0.25) is 4.98 Å². The zero-order chi connectivity index (χ0) is 14.4. The van der Waals surface area contributed by atoms with Crippen LogP contribution in [0.4, 0.5) is 4.39 Å². The fourth-order valence-corrected chi connectivity index (χ4v) is 3.32. The van der Waals surface area contributed by atoms with Gasteiger partial charge in [0.05, 0.1) is 11.1 Å². The summed E-state index contributed by atoms with van der Waals surface area (Å²) in [6, 6.07) is 15.0. The summed E-state index contributed by atoms with van der Waals surface area (Å²) in [6.07, 6.45) is 3.40. The van der Waals surface area contributed by atoms with E-state index in [1.54, 1.807) is 12.3 Å². The Morgan fingerprint density at radius 2 is 2.00 bits per heavy atom. The number of nitrogens with zero attached hydrogens (tertiary/aromatic N) is 1. The summed E-state index contributed by atoms with van der Waals surface area (Å²) >= 11 is 0. The Morgan fingerprint density at radius 1 is 1.10 bits per heavy atom. The van der Waals surface area contributed by atoms with E-state index < -0.39 is 5.54 Å². The van der Waals surface area contributed by atoms with Crippen LogP contribution < -0.4 is 5.73 Å². The van der Waals surface area contributed by atoms with Crippen LogP contribution in [0.25, 0.3) is 10.9 Å². The molecule has 2 nitrogen and oxygen atoms in total. The van der Waals surface area contributed by atoms with Crippen molar-refractivity contribution in [2.45, 2.75) is 18.4 Å². The second-order valence-electron chi connectivity index (χ2n) is 5.68. The Labute approximate surface area is 122 Å². The number of rotatable bonds is 1. The fourth-order valence-electron chi connectivity index (χ4n) is 3.32. The first kappa shape index (κ1) is 12.5. The number of aryl methyl sites for hydroxylation is 1. The number of pyridine rings is 1. The van der Waals surface area contributed by atoms with Crippen molar-refractivity contribution < 1.29 is 4.39 Å². The van der Waals surface area contributed by atoms with Crippen LogP contribution in [0, 0.1) is 5.82 Å². The van der Waals surface area contributed by atoms with Crippen molar-refractivity contribution in [1.82, 2.24) is 4.98 Å². The van der Waals surface area contributed by atoms with Crippen molar-refractivity contribution in [3.8, 4) is 0 Å². The van der Waals surface area contributed by atoms with Crippen molar-refractivity contribution in [2.75, 3.05) is 0 Å². The molecular formula is C18H15FN2. The monoisotopic (exact) mass is 278 g/mol. The smallest absolute Gasteiger partial charge is 0.123 e. The zero-order valence-electron chi connectivity index (χ0n) is 11.5. The van der Waals surface area contributed by atoms with Gasteiger partial charge in [-0.2, -0.15) is 0 Å². The average molecular weight is 278 g/mol. The van der Waals surface area contributed by atoms with Gasteiger partial charge in [-0.15, -0.1) is 0 Å². The molecule has 104 valence electrons. The molecule has 0 saturated heterocycles. The van der Waals surface area contributed by atoms with Crippen molar-refractivity contribution in [3.63, 3.8) is 0 Å². The Kier molecular flexibility index (Phi) is 2.59. The lowest BCUT2D eigenvalue weighted by atomic mass is 9.84. The minimum Gasteiger partial charge on any atom is -0.318 e. The molecule has 0 aliphatic heterocycles. The largest absolute Gasteiger partial charge is 0.318 e. The summed E-state index contributed by atoms with van der Waals surface area (Å²) < 4.78 is 13.4. The third kappa shape index (κ3) is 1.85. The molecule has 2 aromatic carbocycles. The highest BCUT2D eigenvalue weighted by Crippen LogP contribution is 2.40. The molecule has 0 radical (unpaired) electrons. The minimum absolute atomic E-state index is 0.194. The first-order valence-electron chi connectivity index (χ1n) is 7.10. The molecule has 0 amide bonds.